The zero-order valence-electron chi connectivity index (χ0n) is 17.8. The van der Waals surface area contributed by atoms with E-state index in [1.54, 1.807) is 11.8 Å². The van der Waals surface area contributed by atoms with E-state index < -0.39 is 0 Å². The van der Waals surface area contributed by atoms with Gasteiger partial charge in [-0.05, 0) is 57.5 Å². The predicted octanol–water partition coefficient (Wildman–Crippen LogP) is 3.50. The number of hydrogen-bond acceptors (Lipinski definition) is 7. The Morgan fingerprint density at radius 2 is 1.87 bits per heavy atom. The maximum atomic E-state index is 12.8. The van der Waals surface area contributed by atoms with Crippen molar-refractivity contribution in [3.8, 4) is 11.4 Å². The Morgan fingerprint density at radius 1 is 1.20 bits per heavy atom. The highest BCUT2D eigenvalue weighted by atomic mass is 32.2. The molecule has 1 amide bonds. The molecule has 30 heavy (non-hydrogen) atoms. The number of rotatable bonds is 8. The Labute approximate surface area is 180 Å². The second-order valence-electron chi connectivity index (χ2n) is 7.00. The van der Waals surface area contributed by atoms with E-state index in [1.165, 1.54) is 11.8 Å². The Kier molecular flexibility index (Phi) is 7.04. The van der Waals surface area contributed by atoms with Crippen LogP contribution in [0.2, 0.25) is 0 Å². The van der Waals surface area contributed by atoms with Crippen LogP contribution < -0.4 is 10.1 Å². The lowest BCUT2D eigenvalue weighted by atomic mass is 10.2. The van der Waals surface area contributed by atoms with E-state index in [4.69, 9.17) is 4.74 Å². The molecule has 0 fully saturated rings. The molecular weight excluding hydrogens is 400 g/mol. The minimum absolute atomic E-state index is 0.0481. The number of aromatic nitrogens is 5. The van der Waals surface area contributed by atoms with Gasteiger partial charge in [0.1, 0.15) is 5.75 Å². The van der Waals surface area contributed by atoms with E-state index >= 15 is 0 Å². The highest BCUT2D eigenvalue weighted by molar-refractivity contribution is 7.98. The lowest BCUT2D eigenvalue weighted by Gasteiger charge is -2.12. The molecule has 0 saturated heterocycles. The average molecular weight is 427 g/mol. The van der Waals surface area contributed by atoms with Crippen LogP contribution in [-0.2, 0) is 5.75 Å². The van der Waals surface area contributed by atoms with Crippen molar-refractivity contribution in [2.75, 3.05) is 7.11 Å². The quantitative estimate of drug-likeness (QED) is 0.435. The van der Waals surface area contributed by atoms with E-state index in [9.17, 15) is 4.79 Å². The van der Waals surface area contributed by atoms with Crippen molar-refractivity contribution < 1.29 is 9.53 Å². The number of hydrogen-bond donors (Lipinski definition) is 1. The van der Waals surface area contributed by atoms with Crippen LogP contribution in [0.4, 0.5) is 0 Å². The number of ether oxygens (including phenoxy) is 1. The molecule has 0 spiro atoms. The van der Waals surface area contributed by atoms with Crippen LogP contribution in [-0.4, -0.2) is 44.0 Å². The van der Waals surface area contributed by atoms with Gasteiger partial charge in [-0.25, -0.2) is 14.6 Å². The van der Waals surface area contributed by atoms with Crippen molar-refractivity contribution in [3.05, 3.63) is 53.1 Å². The third-order valence-corrected chi connectivity index (χ3v) is 5.44. The lowest BCUT2D eigenvalue weighted by molar-refractivity contribution is 0.0933. The Hall–Kier alpha value is -2.94. The average Bonchev–Trinajstić information content (AvgIpc) is 3.15. The van der Waals surface area contributed by atoms with Gasteiger partial charge in [0.2, 0.25) is 0 Å². The van der Waals surface area contributed by atoms with E-state index in [0.717, 1.165) is 29.2 Å². The van der Waals surface area contributed by atoms with Crippen molar-refractivity contribution in [3.63, 3.8) is 0 Å². The molecule has 2 aromatic heterocycles. The van der Waals surface area contributed by atoms with Gasteiger partial charge in [-0.3, -0.25) is 4.79 Å². The van der Waals surface area contributed by atoms with Gasteiger partial charge in [0, 0.05) is 23.2 Å². The van der Waals surface area contributed by atoms with E-state index in [0.29, 0.717) is 22.3 Å². The largest absolute Gasteiger partial charge is 0.497 e. The molecule has 0 aliphatic rings. The molecule has 1 aromatic carbocycles. The molecule has 3 rings (SSSR count). The normalized spacial score (nSPS) is 11.9. The van der Waals surface area contributed by atoms with Crippen molar-refractivity contribution in [1.29, 1.82) is 0 Å². The minimum atomic E-state index is -0.235. The molecule has 158 valence electrons. The van der Waals surface area contributed by atoms with E-state index in [2.05, 4.69) is 25.6 Å². The summed E-state index contributed by atoms with van der Waals surface area (Å²) >= 11 is 1.45. The third-order valence-electron chi connectivity index (χ3n) is 4.58. The number of benzene rings is 1. The van der Waals surface area contributed by atoms with Gasteiger partial charge < -0.3 is 10.1 Å². The topological polar surface area (TPSA) is 94.8 Å². The summed E-state index contributed by atoms with van der Waals surface area (Å²) in [7, 11) is 1.62. The molecule has 1 unspecified atom stereocenters. The van der Waals surface area contributed by atoms with Crippen LogP contribution in [0.25, 0.3) is 5.69 Å². The molecule has 0 aliphatic heterocycles. The molecule has 2 heterocycles. The van der Waals surface area contributed by atoms with Crippen LogP contribution in [0.5, 0.6) is 5.75 Å². The number of carbonyl (C=O) groups is 1. The first-order chi connectivity index (χ1) is 14.4. The van der Waals surface area contributed by atoms with Crippen molar-refractivity contribution in [2.45, 2.75) is 51.1 Å². The fraction of sp³-hybridized carbons (Fsp3) is 0.381. The number of amides is 1. The summed E-state index contributed by atoms with van der Waals surface area (Å²) in [5.74, 6) is 0.958. The molecule has 0 bridgehead atoms. The smallest absolute Gasteiger partial charge is 0.274 e. The third kappa shape index (κ3) is 5.15. The summed E-state index contributed by atoms with van der Waals surface area (Å²) in [5, 5.41) is 12.1. The van der Waals surface area contributed by atoms with Crippen LogP contribution in [0.1, 0.15) is 47.8 Å². The molecule has 0 radical (unpaired) electrons. The number of methoxy groups -OCH3 is 1. The number of nitrogens with one attached hydrogen (secondary N) is 1. The number of carbonyl (C=O) groups excluding carboxylic acids is 1. The molecular formula is C21H26N6O2S. The minimum Gasteiger partial charge on any atom is -0.497 e. The summed E-state index contributed by atoms with van der Waals surface area (Å²) in [6.45, 7) is 7.86. The molecule has 9 heteroatoms. The molecule has 3 aromatic rings. The van der Waals surface area contributed by atoms with E-state index in [1.807, 2.05) is 58.0 Å². The van der Waals surface area contributed by atoms with Crippen molar-refractivity contribution >= 4 is 17.7 Å². The Bertz CT molecular complexity index is 999. The summed E-state index contributed by atoms with van der Waals surface area (Å²) < 4.78 is 6.91. The maximum absolute atomic E-state index is 12.8. The monoisotopic (exact) mass is 426 g/mol. The van der Waals surface area contributed by atoms with Gasteiger partial charge >= 0.3 is 0 Å². The van der Waals surface area contributed by atoms with Crippen LogP contribution >= 0.6 is 11.8 Å². The first-order valence-corrected chi connectivity index (χ1v) is 10.7. The van der Waals surface area contributed by atoms with Crippen LogP contribution in [0.15, 0.2) is 35.5 Å². The van der Waals surface area contributed by atoms with E-state index in [-0.39, 0.29) is 11.9 Å². The van der Waals surface area contributed by atoms with Crippen LogP contribution in [0, 0.1) is 13.8 Å². The van der Waals surface area contributed by atoms with Gasteiger partial charge in [-0.15, -0.1) is 5.10 Å². The Morgan fingerprint density at radius 3 is 2.47 bits per heavy atom. The SMILES string of the molecule is CCC(C)NC(=O)c1nnn(-c2ccc(OC)cc2)c1CSc1nc(C)cc(C)n1. The Balaban J connectivity index is 1.94. The molecule has 0 saturated carbocycles. The second-order valence-corrected chi connectivity index (χ2v) is 7.94. The first-order valence-electron chi connectivity index (χ1n) is 9.76. The van der Waals surface area contributed by atoms with Gasteiger partial charge in [0.15, 0.2) is 10.9 Å². The molecule has 1 N–H and O–H groups in total. The van der Waals surface area contributed by atoms with Crippen LogP contribution in [0.3, 0.4) is 0 Å². The summed E-state index contributed by atoms with van der Waals surface area (Å²) in [6, 6.07) is 9.43. The lowest BCUT2D eigenvalue weighted by Crippen LogP contribution is -2.32. The van der Waals surface area contributed by atoms with Crippen molar-refractivity contribution in [1.82, 2.24) is 30.3 Å². The highest BCUT2D eigenvalue weighted by Gasteiger charge is 2.22. The van der Waals surface area contributed by atoms with Gasteiger partial charge in [0.05, 0.1) is 18.5 Å². The maximum Gasteiger partial charge on any atom is 0.274 e. The summed E-state index contributed by atoms with van der Waals surface area (Å²) in [5.41, 5.74) is 3.60. The summed E-state index contributed by atoms with van der Waals surface area (Å²) in [4.78, 5) is 21.8. The van der Waals surface area contributed by atoms with Gasteiger partial charge in [-0.2, -0.15) is 0 Å². The fourth-order valence-electron chi connectivity index (χ4n) is 2.82. The summed E-state index contributed by atoms with van der Waals surface area (Å²) in [6.07, 6.45) is 0.832. The van der Waals surface area contributed by atoms with Gasteiger partial charge in [0.25, 0.3) is 5.91 Å². The van der Waals surface area contributed by atoms with Gasteiger partial charge in [-0.1, -0.05) is 23.9 Å². The number of nitrogens with zero attached hydrogens (tertiary/aromatic N) is 5. The standard InChI is InChI=1S/C21H26N6O2S/c1-6-13(2)22-20(28)19-18(12-30-21-23-14(3)11-15(4)24-21)27(26-25-19)16-7-9-17(29-5)10-8-16/h7-11,13H,6,12H2,1-5H3,(H,22,28). The highest BCUT2D eigenvalue weighted by Crippen LogP contribution is 2.24. The molecule has 8 nitrogen and oxygen atoms in total. The molecule has 1 atom stereocenters. The van der Waals surface area contributed by atoms with Crippen molar-refractivity contribution in [2.24, 2.45) is 0 Å². The predicted molar refractivity (Wildman–Crippen MR) is 116 cm³/mol. The zero-order chi connectivity index (χ0) is 21.7. The second kappa shape index (κ2) is 9.71. The molecule has 0 aliphatic carbocycles. The number of thioether (sulfide) groups is 1. The number of aryl methyl sites for hydroxylation is 2. The first kappa shape index (κ1) is 21.8. The fourth-order valence-corrected chi connectivity index (χ4v) is 3.77. The zero-order valence-corrected chi connectivity index (χ0v) is 18.7.